The summed E-state index contributed by atoms with van der Waals surface area (Å²) >= 11 is 2.05. The van der Waals surface area contributed by atoms with Gasteiger partial charge in [-0.25, -0.2) is 0 Å². The second-order valence-corrected chi connectivity index (χ2v) is 6.19. The molecule has 2 heterocycles. The van der Waals surface area contributed by atoms with Crippen LogP contribution in [0.2, 0.25) is 0 Å². The van der Waals surface area contributed by atoms with Gasteiger partial charge in [0.2, 0.25) is 0 Å². The van der Waals surface area contributed by atoms with Crippen molar-refractivity contribution in [2.24, 2.45) is 7.05 Å². The van der Waals surface area contributed by atoms with Crippen LogP contribution in [-0.4, -0.2) is 52.4 Å². The number of hydrogen-bond acceptors (Lipinski definition) is 5. The van der Waals surface area contributed by atoms with E-state index in [-0.39, 0.29) is 0 Å². The maximum atomic E-state index is 6.15. The molecule has 1 aromatic heterocycles. The van der Waals surface area contributed by atoms with Crippen LogP contribution in [0.4, 0.5) is 11.5 Å². The summed E-state index contributed by atoms with van der Waals surface area (Å²) in [7, 11) is 1.95. The molecule has 2 rings (SSSR count). The van der Waals surface area contributed by atoms with Crippen molar-refractivity contribution < 1.29 is 0 Å². The molecule has 1 aromatic rings. The maximum Gasteiger partial charge on any atom is 0.147 e. The molecular formula is C13H25N5S. The maximum absolute atomic E-state index is 6.15. The Hall–Kier alpha value is -0.880. The number of nitrogens with two attached hydrogens (primary N) is 1. The van der Waals surface area contributed by atoms with Gasteiger partial charge in [-0.3, -0.25) is 9.58 Å². The van der Waals surface area contributed by atoms with Crippen molar-refractivity contribution in [3.05, 3.63) is 5.69 Å². The van der Waals surface area contributed by atoms with Crippen molar-refractivity contribution in [3.8, 4) is 0 Å². The Morgan fingerprint density at radius 3 is 2.79 bits per heavy atom. The molecule has 19 heavy (non-hydrogen) atoms. The Balaban J connectivity index is 1.84. The molecule has 5 nitrogen and oxygen atoms in total. The zero-order valence-electron chi connectivity index (χ0n) is 12.0. The van der Waals surface area contributed by atoms with E-state index in [0.29, 0.717) is 0 Å². The summed E-state index contributed by atoms with van der Waals surface area (Å²) in [5.74, 6) is 3.48. The third-order valence-corrected chi connectivity index (χ3v) is 4.41. The number of rotatable bonds is 6. The molecule has 108 valence electrons. The fraction of sp³-hybridized carbons (Fsp3) is 0.769. The van der Waals surface area contributed by atoms with Gasteiger partial charge in [-0.2, -0.15) is 16.9 Å². The summed E-state index contributed by atoms with van der Waals surface area (Å²) < 4.78 is 1.87. The van der Waals surface area contributed by atoms with E-state index in [1.807, 2.05) is 23.5 Å². The van der Waals surface area contributed by atoms with E-state index in [2.05, 4.69) is 22.2 Å². The van der Waals surface area contributed by atoms with Gasteiger partial charge in [0.25, 0.3) is 0 Å². The highest BCUT2D eigenvalue weighted by Crippen LogP contribution is 2.22. The number of nitrogen functional groups attached to an aromatic ring is 1. The molecule has 3 N–H and O–H groups in total. The lowest BCUT2D eigenvalue weighted by Crippen LogP contribution is -2.36. The lowest BCUT2D eigenvalue weighted by molar-refractivity contribution is 0.314. The fourth-order valence-electron chi connectivity index (χ4n) is 2.38. The highest BCUT2D eigenvalue weighted by molar-refractivity contribution is 7.99. The van der Waals surface area contributed by atoms with Gasteiger partial charge in [0.15, 0.2) is 0 Å². The summed E-state index contributed by atoms with van der Waals surface area (Å²) in [6.07, 6.45) is 2.02. The van der Waals surface area contributed by atoms with Crippen molar-refractivity contribution in [2.45, 2.75) is 19.8 Å². The first-order chi connectivity index (χ1) is 9.22. The van der Waals surface area contributed by atoms with E-state index in [1.165, 1.54) is 24.6 Å². The Morgan fingerprint density at radius 2 is 2.11 bits per heavy atom. The van der Waals surface area contributed by atoms with Gasteiger partial charge >= 0.3 is 0 Å². The lowest BCUT2D eigenvalue weighted by Gasteiger charge is -2.26. The third-order valence-electron chi connectivity index (χ3n) is 3.47. The monoisotopic (exact) mass is 283 g/mol. The summed E-state index contributed by atoms with van der Waals surface area (Å²) in [5, 5.41) is 7.91. The molecule has 0 saturated carbocycles. The quantitative estimate of drug-likeness (QED) is 0.827. The topological polar surface area (TPSA) is 59.1 Å². The minimum absolute atomic E-state index is 0.818. The lowest BCUT2D eigenvalue weighted by atomic mass is 10.2. The van der Waals surface area contributed by atoms with Crippen LogP contribution >= 0.6 is 11.8 Å². The normalized spacial score (nSPS) is 16.7. The Labute approximate surface area is 119 Å². The highest BCUT2D eigenvalue weighted by atomic mass is 32.2. The largest absolute Gasteiger partial charge is 0.394 e. The van der Waals surface area contributed by atoms with Crippen molar-refractivity contribution in [3.63, 3.8) is 0 Å². The van der Waals surface area contributed by atoms with Crippen molar-refractivity contribution in [1.29, 1.82) is 0 Å². The Morgan fingerprint density at radius 1 is 1.37 bits per heavy atom. The zero-order valence-corrected chi connectivity index (χ0v) is 12.8. The molecule has 0 atom stereocenters. The second-order valence-electron chi connectivity index (χ2n) is 4.96. The van der Waals surface area contributed by atoms with Crippen molar-refractivity contribution >= 4 is 23.3 Å². The number of aryl methyl sites for hydroxylation is 2. The van der Waals surface area contributed by atoms with Gasteiger partial charge in [0.05, 0.1) is 11.4 Å². The van der Waals surface area contributed by atoms with Crippen LogP contribution in [0.15, 0.2) is 0 Å². The second kappa shape index (κ2) is 7.05. The summed E-state index contributed by atoms with van der Waals surface area (Å²) in [5.41, 5.74) is 7.98. The van der Waals surface area contributed by atoms with Crippen LogP contribution in [0, 0.1) is 0 Å². The highest BCUT2D eigenvalue weighted by Gasteiger charge is 2.13. The minimum atomic E-state index is 0.818. The number of nitrogens with zero attached hydrogens (tertiary/aromatic N) is 3. The van der Waals surface area contributed by atoms with Gasteiger partial charge in [0.1, 0.15) is 5.82 Å². The van der Waals surface area contributed by atoms with E-state index in [0.717, 1.165) is 43.1 Å². The molecule has 0 unspecified atom stereocenters. The standard InChI is InChI=1S/C13H25N5S/c1-3-4-11-12(14)13(17(2)16-11)15-5-6-18-7-9-19-10-8-18/h15H,3-10,14H2,1-2H3. The number of thioether (sulfide) groups is 1. The SMILES string of the molecule is CCCc1nn(C)c(NCCN2CCSCC2)c1N. The number of anilines is 2. The molecular weight excluding hydrogens is 258 g/mol. The van der Waals surface area contributed by atoms with Crippen LogP contribution in [0.1, 0.15) is 19.0 Å². The fourth-order valence-corrected chi connectivity index (χ4v) is 3.36. The van der Waals surface area contributed by atoms with E-state index in [1.54, 1.807) is 0 Å². The average Bonchev–Trinajstić information content (AvgIpc) is 2.68. The van der Waals surface area contributed by atoms with E-state index >= 15 is 0 Å². The van der Waals surface area contributed by atoms with Crippen LogP contribution in [-0.2, 0) is 13.5 Å². The first-order valence-corrected chi connectivity index (χ1v) is 8.23. The number of nitrogens with one attached hydrogen (secondary N) is 1. The van der Waals surface area contributed by atoms with Crippen LogP contribution in [0.5, 0.6) is 0 Å². The van der Waals surface area contributed by atoms with Crippen LogP contribution in [0.3, 0.4) is 0 Å². The number of aromatic nitrogens is 2. The smallest absolute Gasteiger partial charge is 0.147 e. The minimum Gasteiger partial charge on any atom is -0.394 e. The zero-order chi connectivity index (χ0) is 13.7. The molecule has 0 radical (unpaired) electrons. The van der Waals surface area contributed by atoms with E-state index < -0.39 is 0 Å². The Bertz CT molecular complexity index is 398. The van der Waals surface area contributed by atoms with Crippen molar-refractivity contribution in [2.75, 3.05) is 48.7 Å². The molecule has 1 aliphatic rings. The van der Waals surface area contributed by atoms with E-state index in [4.69, 9.17) is 5.73 Å². The van der Waals surface area contributed by atoms with Gasteiger partial charge in [0, 0.05) is 44.7 Å². The average molecular weight is 283 g/mol. The van der Waals surface area contributed by atoms with Crippen LogP contribution < -0.4 is 11.1 Å². The molecule has 0 aliphatic carbocycles. The molecule has 0 aromatic carbocycles. The van der Waals surface area contributed by atoms with Gasteiger partial charge in [-0.05, 0) is 6.42 Å². The molecule has 1 saturated heterocycles. The summed E-state index contributed by atoms with van der Waals surface area (Å²) in [6, 6.07) is 0. The van der Waals surface area contributed by atoms with Gasteiger partial charge in [-0.1, -0.05) is 13.3 Å². The van der Waals surface area contributed by atoms with Gasteiger partial charge < -0.3 is 11.1 Å². The molecule has 0 amide bonds. The predicted octanol–water partition coefficient (Wildman–Crippen LogP) is 1.42. The summed E-state index contributed by atoms with van der Waals surface area (Å²) in [4.78, 5) is 2.50. The molecule has 0 bridgehead atoms. The molecule has 0 spiro atoms. The van der Waals surface area contributed by atoms with Crippen LogP contribution in [0.25, 0.3) is 0 Å². The first-order valence-electron chi connectivity index (χ1n) is 7.07. The predicted molar refractivity (Wildman–Crippen MR) is 83.9 cm³/mol. The number of hydrogen-bond donors (Lipinski definition) is 2. The molecule has 6 heteroatoms. The van der Waals surface area contributed by atoms with Crippen molar-refractivity contribution in [1.82, 2.24) is 14.7 Å². The first kappa shape index (κ1) is 14.5. The third kappa shape index (κ3) is 3.79. The summed E-state index contributed by atoms with van der Waals surface area (Å²) in [6.45, 7) is 6.56. The molecule has 1 fully saturated rings. The van der Waals surface area contributed by atoms with Gasteiger partial charge in [-0.15, -0.1) is 0 Å². The van der Waals surface area contributed by atoms with E-state index in [9.17, 15) is 0 Å². The molecule has 1 aliphatic heterocycles. The Kier molecular flexibility index (Phi) is 5.39.